The summed E-state index contributed by atoms with van der Waals surface area (Å²) in [5.74, 6) is 0. The molecule has 0 radical (unpaired) electrons. The molecular formula is C13H19BrN2O4. The molecule has 0 atom stereocenters. The molecule has 0 spiro atoms. The third-order valence-electron chi connectivity index (χ3n) is 2.87. The fraction of sp³-hybridized carbons (Fsp3) is 0.538. The van der Waals surface area contributed by atoms with Crippen LogP contribution < -0.4 is 0 Å². The summed E-state index contributed by atoms with van der Waals surface area (Å²) in [6, 6.07) is 5.06. The van der Waals surface area contributed by atoms with Crippen LogP contribution in [-0.2, 0) is 16.0 Å². The van der Waals surface area contributed by atoms with E-state index in [1.165, 1.54) is 6.07 Å². The van der Waals surface area contributed by atoms with Crippen LogP contribution in [0.4, 0.5) is 5.69 Å². The van der Waals surface area contributed by atoms with Gasteiger partial charge in [-0.1, -0.05) is 12.1 Å². The molecule has 0 aliphatic rings. The summed E-state index contributed by atoms with van der Waals surface area (Å²) >= 11 is 3.32. The van der Waals surface area contributed by atoms with E-state index in [4.69, 9.17) is 9.47 Å². The van der Waals surface area contributed by atoms with Crippen molar-refractivity contribution in [2.75, 3.05) is 40.5 Å². The van der Waals surface area contributed by atoms with Crippen LogP contribution in [0.2, 0.25) is 0 Å². The maximum Gasteiger partial charge on any atom is 0.283 e. The van der Waals surface area contributed by atoms with Crippen molar-refractivity contribution < 1.29 is 14.4 Å². The van der Waals surface area contributed by atoms with Gasteiger partial charge in [-0.05, 0) is 21.5 Å². The fourth-order valence-corrected chi connectivity index (χ4v) is 2.32. The monoisotopic (exact) mass is 346 g/mol. The Balaban J connectivity index is 2.81. The Kier molecular flexibility index (Phi) is 7.68. The van der Waals surface area contributed by atoms with Crippen LogP contribution in [0.5, 0.6) is 0 Å². The van der Waals surface area contributed by atoms with Crippen LogP contribution >= 0.6 is 15.9 Å². The first-order valence-corrected chi connectivity index (χ1v) is 7.01. The van der Waals surface area contributed by atoms with Crippen LogP contribution in [-0.4, -0.2) is 50.3 Å². The van der Waals surface area contributed by atoms with Crippen molar-refractivity contribution in [1.29, 1.82) is 0 Å². The van der Waals surface area contributed by atoms with E-state index in [2.05, 4.69) is 20.8 Å². The molecular weight excluding hydrogens is 328 g/mol. The van der Waals surface area contributed by atoms with E-state index in [-0.39, 0.29) is 10.6 Å². The second-order valence-corrected chi connectivity index (χ2v) is 5.06. The Bertz CT molecular complexity index is 434. The van der Waals surface area contributed by atoms with Gasteiger partial charge < -0.3 is 9.47 Å². The van der Waals surface area contributed by atoms with Gasteiger partial charge in [-0.25, -0.2) is 0 Å². The number of rotatable bonds is 9. The Morgan fingerprint density at radius 1 is 1.25 bits per heavy atom. The minimum absolute atomic E-state index is 0.0842. The minimum Gasteiger partial charge on any atom is -0.383 e. The number of benzene rings is 1. The molecule has 0 amide bonds. The zero-order chi connectivity index (χ0) is 15.0. The molecule has 0 N–H and O–H groups in total. The maximum atomic E-state index is 10.9. The lowest BCUT2D eigenvalue weighted by Crippen LogP contribution is -2.30. The lowest BCUT2D eigenvalue weighted by atomic mass is 10.2. The lowest BCUT2D eigenvalue weighted by Gasteiger charge is -2.22. The summed E-state index contributed by atoms with van der Waals surface area (Å²) < 4.78 is 10.7. The van der Waals surface area contributed by atoms with Crippen molar-refractivity contribution in [2.24, 2.45) is 0 Å². The van der Waals surface area contributed by atoms with Crippen molar-refractivity contribution in [3.63, 3.8) is 0 Å². The normalized spacial score (nSPS) is 11.0. The van der Waals surface area contributed by atoms with Crippen molar-refractivity contribution in [1.82, 2.24) is 4.90 Å². The first-order valence-electron chi connectivity index (χ1n) is 6.22. The predicted octanol–water partition coefficient (Wildman–Crippen LogP) is 2.45. The van der Waals surface area contributed by atoms with Crippen LogP contribution in [0, 0.1) is 10.1 Å². The quantitative estimate of drug-likeness (QED) is 0.507. The number of hydrogen-bond acceptors (Lipinski definition) is 5. The van der Waals surface area contributed by atoms with Crippen LogP contribution in [0.3, 0.4) is 0 Å². The van der Waals surface area contributed by atoms with Gasteiger partial charge in [0.15, 0.2) is 0 Å². The Hall–Kier alpha value is -1.02. The third-order valence-corrected chi connectivity index (χ3v) is 3.79. The number of hydrogen-bond donors (Lipinski definition) is 0. The predicted molar refractivity (Wildman–Crippen MR) is 79.8 cm³/mol. The van der Waals surface area contributed by atoms with Crippen LogP contribution in [0.25, 0.3) is 0 Å². The van der Waals surface area contributed by atoms with E-state index >= 15 is 0 Å². The van der Waals surface area contributed by atoms with Gasteiger partial charge in [0.05, 0.1) is 22.6 Å². The standard InChI is InChI=1S/C13H19BrN2O4/c1-19-8-6-15(7-9-20-2)10-11-4-3-5-12(13(11)14)16(17)18/h3-5H,6-10H2,1-2H3. The van der Waals surface area contributed by atoms with Gasteiger partial charge >= 0.3 is 0 Å². The molecule has 0 aliphatic heterocycles. The summed E-state index contributed by atoms with van der Waals surface area (Å²) in [5.41, 5.74) is 0.965. The van der Waals surface area contributed by atoms with Gasteiger partial charge in [-0.3, -0.25) is 15.0 Å². The summed E-state index contributed by atoms with van der Waals surface area (Å²) in [6.45, 7) is 3.31. The van der Waals surface area contributed by atoms with E-state index in [9.17, 15) is 10.1 Å². The molecule has 1 aromatic carbocycles. The highest BCUT2D eigenvalue weighted by atomic mass is 79.9. The van der Waals surface area contributed by atoms with Gasteiger partial charge in [0.1, 0.15) is 0 Å². The van der Waals surface area contributed by atoms with Crippen LogP contribution in [0.15, 0.2) is 22.7 Å². The SMILES string of the molecule is COCCN(CCOC)Cc1cccc([N+](=O)[O-])c1Br. The zero-order valence-corrected chi connectivity index (χ0v) is 13.3. The van der Waals surface area contributed by atoms with E-state index < -0.39 is 0 Å². The number of nitro groups is 1. The molecule has 1 rings (SSSR count). The Labute approximate surface area is 126 Å². The van der Waals surface area contributed by atoms with Gasteiger partial charge in [-0.15, -0.1) is 0 Å². The number of methoxy groups -OCH3 is 2. The molecule has 0 aliphatic carbocycles. The second-order valence-electron chi connectivity index (χ2n) is 4.27. The molecule has 0 saturated carbocycles. The lowest BCUT2D eigenvalue weighted by molar-refractivity contribution is -0.385. The molecule has 6 nitrogen and oxygen atoms in total. The van der Waals surface area contributed by atoms with Gasteiger partial charge in [0, 0.05) is 39.9 Å². The molecule has 0 heterocycles. The fourth-order valence-electron chi connectivity index (χ4n) is 1.78. The molecule has 0 fully saturated rings. The molecule has 20 heavy (non-hydrogen) atoms. The summed E-state index contributed by atoms with van der Waals surface area (Å²) in [4.78, 5) is 12.7. The first-order chi connectivity index (χ1) is 9.60. The highest BCUT2D eigenvalue weighted by molar-refractivity contribution is 9.10. The largest absolute Gasteiger partial charge is 0.383 e. The average Bonchev–Trinajstić information content (AvgIpc) is 2.43. The van der Waals surface area contributed by atoms with Crippen molar-refractivity contribution in [2.45, 2.75) is 6.54 Å². The molecule has 0 saturated heterocycles. The highest BCUT2D eigenvalue weighted by Gasteiger charge is 2.16. The highest BCUT2D eigenvalue weighted by Crippen LogP contribution is 2.29. The first kappa shape index (κ1) is 17.0. The van der Waals surface area contributed by atoms with Crippen LogP contribution in [0.1, 0.15) is 5.56 Å². The van der Waals surface area contributed by atoms with Gasteiger partial charge in [-0.2, -0.15) is 0 Å². The zero-order valence-electron chi connectivity index (χ0n) is 11.7. The molecule has 1 aromatic rings. The molecule has 0 unspecified atom stereocenters. The summed E-state index contributed by atoms with van der Waals surface area (Å²) in [6.07, 6.45) is 0. The minimum atomic E-state index is -0.387. The Morgan fingerprint density at radius 2 is 1.85 bits per heavy atom. The van der Waals surface area contributed by atoms with E-state index in [0.29, 0.717) is 24.2 Å². The number of halogens is 1. The molecule has 7 heteroatoms. The van der Waals surface area contributed by atoms with Crippen molar-refractivity contribution >= 4 is 21.6 Å². The number of ether oxygens (including phenoxy) is 2. The van der Waals surface area contributed by atoms with Crippen molar-refractivity contribution in [3.05, 3.63) is 38.3 Å². The third kappa shape index (κ3) is 5.16. The second kappa shape index (κ2) is 9.02. The summed E-state index contributed by atoms with van der Waals surface area (Å²) in [5, 5.41) is 10.9. The number of nitrogens with zero attached hydrogens (tertiary/aromatic N) is 2. The smallest absolute Gasteiger partial charge is 0.283 e. The van der Waals surface area contributed by atoms with Gasteiger partial charge in [0.2, 0.25) is 0 Å². The summed E-state index contributed by atoms with van der Waals surface area (Å²) in [7, 11) is 3.30. The molecule has 0 aromatic heterocycles. The number of nitro benzene ring substituents is 1. The van der Waals surface area contributed by atoms with Crippen molar-refractivity contribution in [3.8, 4) is 0 Å². The average molecular weight is 347 g/mol. The maximum absolute atomic E-state index is 10.9. The Morgan fingerprint density at radius 3 is 2.35 bits per heavy atom. The topological polar surface area (TPSA) is 64.8 Å². The molecule has 112 valence electrons. The van der Waals surface area contributed by atoms with Gasteiger partial charge in [0.25, 0.3) is 5.69 Å². The van der Waals surface area contributed by atoms with E-state index in [1.54, 1.807) is 20.3 Å². The van der Waals surface area contributed by atoms with E-state index in [0.717, 1.165) is 18.7 Å². The molecule has 0 bridgehead atoms. The van der Waals surface area contributed by atoms with E-state index in [1.807, 2.05) is 6.07 Å².